The molecular weight excluding hydrogens is 312 g/mol. The molecule has 0 unspecified atom stereocenters. The van der Waals surface area contributed by atoms with Gasteiger partial charge in [-0.1, -0.05) is 18.2 Å². The molecule has 3 N–H and O–H groups in total. The normalized spacial score (nSPS) is 11.0. The third kappa shape index (κ3) is 4.13. The molecule has 126 valence electrons. The Bertz CT molecular complexity index is 761. The van der Waals surface area contributed by atoms with Gasteiger partial charge in [-0.25, -0.2) is 4.99 Å². The van der Waals surface area contributed by atoms with E-state index >= 15 is 0 Å². The summed E-state index contributed by atoms with van der Waals surface area (Å²) in [5, 5.41) is 13.9. The molecule has 8 nitrogen and oxygen atoms in total. The maximum absolute atomic E-state index is 11.0. The highest BCUT2D eigenvalue weighted by Crippen LogP contribution is 2.28. The molecule has 0 radical (unpaired) electrons. The molecule has 0 bridgehead atoms. The van der Waals surface area contributed by atoms with Gasteiger partial charge in [-0.05, 0) is 12.1 Å². The minimum absolute atomic E-state index is 0.00742. The summed E-state index contributed by atoms with van der Waals surface area (Å²) in [6, 6.07) is 11.6. The van der Waals surface area contributed by atoms with Gasteiger partial charge in [0, 0.05) is 12.1 Å². The second-order valence-electron chi connectivity index (χ2n) is 4.78. The zero-order valence-electron chi connectivity index (χ0n) is 13.4. The highest BCUT2D eigenvalue weighted by molar-refractivity contribution is 5.94. The lowest BCUT2D eigenvalue weighted by Crippen LogP contribution is -2.23. The number of nitrogens with two attached hydrogens (primary N) is 1. The second kappa shape index (κ2) is 7.82. The molecular formula is C16H18N4O4. The number of aliphatic imine (C=N–C) groups is 1. The summed E-state index contributed by atoms with van der Waals surface area (Å²) in [6.45, 7) is 0.0856. The van der Waals surface area contributed by atoms with Crippen LogP contribution in [0.3, 0.4) is 0 Å². The minimum atomic E-state index is -0.445. The smallest absolute Gasteiger partial charge is 0.274 e. The Labute approximate surface area is 139 Å². The number of nitro groups is 1. The van der Waals surface area contributed by atoms with Gasteiger partial charge in [-0.15, -0.1) is 0 Å². The number of nitrogens with zero attached hydrogens (tertiary/aromatic N) is 2. The maximum atomic E-state index is 11.0. The summed E-state index contributed by atoms with van der Waals surface area (Å²) >= 11 is 0. The van der Waals surface area contributed by atoms with E-state index < -0.39 is 4.92 Å². The summed E-state index contributed by atoms with van der Waals surface area (Å²) in [6.07, 6.45) is 0. The molecule has 24 heavy (non-hydrogen) atoms. The largest absolute Gasteiger partial charge is 0.497 e. The minimum Gasteiger partial charge on any atom is -0.497 e. The molecule has 0 fully saturated rings. The molecule has 0 aromatic heterocycles. The van der Waals surface area contributed by atoms with E-state index in [-0.39, 0.29) is 18.2 Å². The van der Waals surface area contributed by atoms with Crippen LogP contribution in [-0.2, 0) is 6.54 Å². The van der Waals surface area contributed by atoms with E-state index in [2.05, 4.69) is 10.3 Å². The van der Waals surface area contributed by atoms with Gasteiger partial charge in [-0.2, -0.15) is 0 Å². The van der Waals surface area contributed by atoms with Crippen molar-refractivity contribution >= 4 is 17.3 Å². The highest BCUT2D eigenvalue weighted by atomic mass is 16.6. The topological polar surface area (TPSA) is 112 Å². The summed E-state index contributed by atoms with van der Waals surface area (Å²) in [5.41, 5.74) is 6.94. The maximum Gasteiger partial charge on any atom is 0.274 e. The Morgan fingerprint density at radius 2 is 2.00 bits per heavy atom. The quantitative estimate of drug-likeness (QED) is 0.364. The number of nitro benzene ring substituents is 1. The van der Waals surface area contributed by atoms with Gasteiger partial charge in [0.2, 0.25) is 0 Å². The number of nitrogens with one attached hydrogen (secondary N) is 1. The predicted octanol–water partition coefficient (Wildman–Crippen LogP) is 2.54. The molecule has 0 aliphatic rings. The van der Waals surface area contributed by atoms with Crippen molar-refractivity contribution in [3.8, 4) is 11.5 Å². The van der Waals surface area contributed by atoms with E-state index in [4.69, 9.17) is 15.2 Å². The third-order valence-electron chi connectivity index (χ3n) is 3.28. The molecule has 0 aliphatic heterocycles. The molecule has 0 spiro atoms. The van der Waals surface area contributed by atoms with Gasteiger partial charge in [0.1, 0.15) is 11.5 Å². The summed E-state index contributed by atoms with van der Waals surface area (Å²) < 4.78 is 10.4. The first kappa shape index (κ1) is 17.1. The van der Waals surface area contributed by atoms with Crippen LogP contribution in [0.15, 0.2) is 47.5 Å². The SMILES string of the molecule is COc1ccc(OC)c(NC(N)=NCc2ccccc2[N+](=O)[O-])c1. The Morgan fingerprint density at radius 3 is 2.67 bits per heavy atom. The molecule has 2 aromatic carbocycles. The molecule has 0 amide bonds. The van der Waals surface area contributed by atoms with Crippen molar-refractivity contribution in [2.45, 2.75) is 6.54 Å². The molecule has 0 saturated carbocycles. The zero-order valence-corrected chi connectivity index (χ0v) is 13.4. The van der Waals surface area contributed by atoms with Gasteiger partial charge < -0.3 is 20.5 Å². The molecule has 0 aliphatic carbocycles. The Kier molecular flexibility index (Phi) is 5.56. The second-order valence-corrected chi connectivity index (χ2v) is 4.78. The van der Waals surface area contributed by atoms with Crippen molar-refractivity contribution < 1.29 is 14.4 Å². The molecule has 0 heterocycles. The Hall–Kier alpha value is -3.29. The lowest BCUT2D eigenvalue weighted by Gasteiger charge is -2.12. The third-order valence-corrected chi connectivity index (χ3v) is 3.28. The summed E-state index contributed by atoms with van der Waals surface area (Å²) in [4.78, 5) is 14.7. The Balaban J connectivity index is 2.17. The van der Waals surface area contributed by atoms with Gasteiger partial charge in [0.15, 0.2) is 5.96 Å². The number of guanidine groups is 1. The van der Waals surface area contributed by atoms with Crippen molar-refractivity contribution in [1.29, 1.82) is 0 Å². The van der Waals surface area contributed by atoms with Crippen molar-refractivity contribution in [3.63, 3.8) is 0 Å². The van der Waals surface area contributed by atoms with Crippen molar-refractivity contribution in [2.24, 2.45) is 10.7 Å². The van der Waals surface area contributed by atoms with E-state index in [0.29, 0.717) is 22.7 Å². The number of para-hydroxylation sites is 1. The number of hydrogen-bond acceptors (Lipinski definition) is 5. The summed E-state index contributed by atoms with van der Waals surface area (Å²) in [7, 11) is 3.09. The van der Waals surface area contributed by atoms with Crippen molar-refractivity contribution in [2.75, 3.05) is 19.5 Å². The number of ether oxygens (including phenoxy) is 2. The number of hydrogen-bond donors (Lipinski definition) is 2. The number of methoxy groups -OCH3 is 2. The molecule has 8 heteroatoms. The van der Waals surface area contributed by atoms with Crippen LogP contribution in [0, 0.1) is 10.1 Å². The fraction of sp³-hybridized carbons (Fsp3) is 0.188. The summed E-state index contributed by atoms with van der Waals surface area (Å²) in [5.74, 6) is 1.31. The number of rotatable bonds is 6. The van der Waals surface area contributed by atoms with Gasteiger partial charge >= 0.3 is 0 Å². The first-order valence-electron chi connectivity index (χ1n) is 7.06. The van der Waals surface area contributed by atoms with Gasteiger partial charge in [0.05, 0.1) is 36.9 Å². The number of anilines is 1. The molecule has 2 aromatic rings. The van der Waals surface area contributed by atoms with Crippen LogP contribution in [0.4, 0.5) is 11.4 Å². The van der Waals surface area contributed by atoms with Gasteiger partial charge in [0.25, 0.3) is 5.69 Å². The highest BCUT2D eigenvalue weighted by Gasteiger charge is 2.12. The van der Waals surface area contributed by atoms with Gasteiger partial charge in [-0.3, -0.25) is 10.1 Å². The average molecular weight is 330 g/mol. The van der Waals surface area contributed by atoms with E-state index in [0.717, 1.165) is 0 Å². The first-order chi connectivity index (χ1) is 11.5. The fourth-order valence-electron chi connectivity index (χ4n) is 2.08. The van der Waals surface area contributed by atoms with Crippen LogP contribution in [0.25, 0.3) is 0 Å². The lowest BCUT2D eigenvalue weighted by molar-refractivity contribution is -0.385. The van der Waals surface area contributed by atoms with Crippen molar-refractivity contribution in [3.05, 3.63) is 58.1 Å². The van der Waals surface area contributed by atoms with Crippen LogP contribution >= 0.6 is 0 Å². The average Bonchev–Trinajstić information content (AvgIpc) is 2.60. The standard InChI is InChI=1S/C16H18N4O4/c1-23-12-7-8-15(24-2)13(9-12)19-16(17)18-10-11-5-3-4-6-14(11)20(21)22/h3-9H,10H2,1-2H3,(H3,17,18,19). The first-order valence-corrected chi connectivity index (χ1v) is 7.06. The van der Waals surface area contributed by atoms with E-state index in [9.17, 15) is 10.1 Å². The van der Waals surface area contributed by atoms with Crippen LogP contribution in [0.2, 0.25) is 0 Å². The Morgan fingerprint density at radius 1 is 1.25 bits per heavy atom. The molecule has 0 atom stereocenters. The van der Waals surface area contributed by atoms with Crippen LogP contribution in [0.5, 0.6) is 11.5 Å². The molecule has 0 saturated heterocycles. The molecule has 2 rings (SSSR count). The lowest BCUT2D eigenvalue weighted by atomic mass is 10.2. The van der Waals surface area contributed by atoms with Crippen molar-refractivity contribution in [1.82, 2.24) is 0 Å². The van der Waals surface area contributed by atoms with Crippen LogP contribution in [0.1, 0.15) is 5.56 Å². The van der Waals surface area contributed by atoms with E-state index in [1.54, 1.807) is 43.5 Å². The van der Waals surface area contributed by atoms with E-state index in [1.165, 1.54) is 13.2 Å². The zero-order chi connectivity index (χ0) is 17.5. The van der Waals surface area contributed by atoms with E-state index in [1.807, 2.05) is 0 Å². The number of benzene rings is 2. The van der Waals surface area contributed by atoms with Crippen LogP contribution < -0.4 is 20.5 Å². The predicted molar refractivity (Wildman–Crippen MR) is 91.6 cm³/mol. The van der Waals surface area contributed by atoms with Crippen LogP contribution in [-0.4, -0.2) is 25.1 Å². The monoisotopic (exact) mass is 330 g/mol. The fourth-order valence-corrected chi connectivity index (χ4v) is 2.08.